The number of ketones is 2. The van der Waals surface area contributed by atoms with Gasteiger partial charge in [0.2, 0.25) is 0 Å². The molecule has 1 aliphatic rings. The van der Waals surface area contributed by atoms with Gasteiger partial charge in [-0.1, -0.05) is 207 Å². The summed E-state index contributed by atoms with van der Waals surface area (Å²) >= 11 is 0. The predicted molar refractivity (Wildman–Crippen MR) is 265 cm³/mol. The zero-order valence-electron chi connectivity index (χ0n) is 42.1. The molecule has 0 aliphatic carbocycles. The minimum Gasteiger partial charge on any atom is -0.456 e. The van der Waals surface area contributed by atoms with Crippen molar-refractivity contribution in [2.75, 3.05) is 26.8 Å². The van der Waals surface area contributed by atoms with E-state index in [0.717, 1.165) is 38.7 Å². The Hall–Kier alpha value is -0.156. The third-order valence-electron chi connectivity index (χ3n) is 11.5. The molecule has 4 nitrogen and oxygen atoms in total. The SMILES string of the molecule is C=CCCCCCCCCCCC.CC.CC(=O)CCCCCN1[CH-]CCCC1.CCCCCCCCC(/C=C\C(=O)CCCCCCCOC)CCCCCCCC.[Y]. The van der Waals surface area contributed by atoms with Crippen molar-refractivity contribution < 1.29 is 47.0 Å². The fourth-order valence-electron chi connectivity index (χ4n) is 7.61. The van der Waals surface area contributed by atoms with Crippen molar-refractivity contribution in [3.05, 3.63) is 31.4 Å². The largest absolute Gasteiger partial charge is 0.456 e. The first-order chi connectivity index (χ1) is 28.9. The topological polar surface area (TPSA) is 46.6 Å². The normalized spacial score (nSPS) is 12.5. The average molecular weight is 920 g/mol. The van der Waals surface area contributed by atoms with Crippen LogP contribution in [-0.2, 0) is 47.0 Å². The van der Waals surface area contributed by atoms with Gasteiger partial charge in [-0.05, 0) is 89.8 Å². The molecule has 0 atom stereocenters. The first-order valence-electron chi connectivity index (χ1n) is 26.3. The Balaban J connectivity index is -0.000000432. The smallest absolute Gasteiger partial charge is 0.155 e. The van der Waals surface area contributed by atoms with Gasteiger partial charge in [-0.25, -0.2) is 0 Å². The summed E-state index contributed by atoms with van der Waals surface area (Å²) in [6.07, 6.45) is 53.8. The maximum atomic E-state index is 12.3. The summed E-state index contributed by atoms with van der Waals surface area (Å²) < 4.78 is 5.08. The Morgan fingerprint density at radius 3 is 1.53 bits per heavy atom. The van der Waals surface area contributed by atoms with E-state index in [4.69, 9.17) is 4.74 Å². The van der Waals surface area contributed by atoms with Crippen LogP contribution < -0.4 is 0 Å². The molecule has 1 aliphatic heterocycles. The van der Waals surface area contributed by atoms with Crippen molar-refractivity contribution in [3.63, 3.8) is 0 Å². The second-order valence-corrected chi connectivity index (χ2v) is 17.3. The summed E-state index contributed by atoms with van der Waals surface area (Å²) in [6, 6.07) is 0. The fraction of sp³-hybridized carbons (Fsp3) is 0.873. The van der Waals surface area contributed by atoms with Crippen molar-refractivity contribution in [3.8, 4) is 0 Å². The number of nitrogens with zero attached hydrogens (tertiary/aromatic N) is 1. The third kappa shape index (κ3) is 59.9. The van der Waals surface area contributed by atoms with Gasteiger partial charge < -0.3 is 14.4 Å². The molecule has 0 aromatic carbocycles. The van der Waals surface area contributed by atoms with Gasteiger partial charge in [-0.2, -0.15) is 6.42 Å². The molecule has 0 unspecified atom stereocenters. The molecule has 5 heteroatoms. The van der Waals surface area contributed by atoms with Gasteiger partial charge >= 0.3 is 0 Å². The van der Waals surface area contributed by atoms with Crippen LogP contribution >= 0.6 is 0 Å². The number of carbonyl (C=O) groups is 2. The number of hydrogen-bond donors (Lipinski definition) is 0. The summed E-state index contributed by atoms with van der Waals surface area (Å²) in [5, 5.41) is 0. The van der Waals surface area contributed by atoms with Crippen LogP contribution in [0.25, 0.3) is 0 Å². The first-order valence-corrected chi connectivity index (χ1v) is 26.3. The minimum absolute atomic E-state index is 0. The molecule has 0 spiro atoms. The fourth-order valence-corrected chi connectivity index (χ4v) is 7.61. The number of Topliss-reactive ketones (excluding diaryl/α,β-unsaturated/α-hetero) is 1. The van der Waals surface area contributed by atoms with Gasteiger partial charge in [0.15, 0.2) is 5.78 Å². The summed E-state index contributed by atoms with van der Waals surface area (Å²) in [4.78, 5) is 25.4. The Bertz CT molecular complexity index is 824. The second-order valence-electron chi connectivity index (χ2n) is 17.3. The van der Waals surface area contributed by atoms with E-state index in [-0.39, 0.29) is 32.7 Å². The predicted octanol–water partition coefficient (Wildman–Crippen LogP) is 18.1. The third-order valence-corrected chi connectivity index (χ3v) is 11.5. The summed E-state index contributed by atoms with van der Waals surface area (Å²) in [6.45, 7) is 21.9. The molecule has 0 bridgehead atoms. The van der Waals surface area contributed by atoms with Crippen LogP contribution in [-0.4, -0.2) is 43.3 Å². The molecule has 1 fully saturated rings. The van der Waals surface area contributed by atoms with Crippen LogP contribution in [0.1, 0.15) is 279 Å². The van der Waals surface area contributed by atoms with Crippen LogP contribution in [0.15, 0.2) is 24.8 Å². The first kappa shape index (κ1) is 66.4. The number of ether oxygens (including phenoxy) is 1. The van der Waals surface area contributed by atoms with Crippen LogP contribution in [0.3, 0.4) is 0 Å². The number of methoxy groups -OCH3 is 1. The van der Waals surface area contributed by atoms with Crippen LogP contribution in [0.2, 0.25) is 0 Å². The van der Waals surface area contributed by atoms with Crippen molar-refractivity contribution in [1.82, 2.24) is 4.90 Å². The standard InChI is InChI=1S/C28H54O2.C13H26.C12H22NO.C2H6.Y/c1-4-6-8-10-13-17-21-27(22-18-14-11-9-7-5-2)24-25-28(29)23-19-15-12-16-20-26-30-3;1-3-5-7-9-11-13-12-10-8-6-4-2;1-12(14)8-4-2-5-9-13-10-6-3-7-11-13;1-2;/h24-25,27H,4-23,26H2,1-3H3;3H,1,4-13H2,2H3;10H,2-9,11H2,1H3;1-2H3;/q;;-1;;/b25-24-;;;;. The molecular weight excluding hydrogens is 812 g/mol. The molecule has 0 saturated carbocycles. The molecular formula is C55H108NO3Y-. The molecule has 0 amide bonds. The molecule has 60 heavy (non-hydrogen) atoms. The molecule has 0 N–H and O–H groups in total. The van der Waals surface area contributed by atoms with E-state index >= 15 is 0 Å². The number of piperidine rings is 1. The molecule has 0 aromatic rings. The number of carbonyl (C=O) groups excluding carboxylic acids is 2. The van der Waals surface area contributed by atoms with Crippen molar-refractivity contribution in [2.45, 2.75) is 279 Å². The van der Waals surface area contributed by atoms with Gasteiger partial charge in [0.05, 0.1) is 0 Å². The summed E-state index contributed by atoms with van der Waals surface area (Å²) in [7, 11) is 1.76. The number of unbranched alkanes of at least 4 members (excludes halogenated alkanes) is 25. The summed E-state index contributed by atoms with van der Waals surface area (Å²) in [5.41, 5.74) is 0. The summed E-state index contributed by atoms with van der Waals surface area (Å²) in [5.74, 6) is 1.28. The minimum atomic E-state index is 0. The number of hydrogen-bond acceptors (Lipinski definition) is 4. The zero-order chi connectivity index (χ0) is 44.1. The van der Waals surface area contributed by atoms with Crippen LogP contribution in [0.4, 0.5) is 0 Å². The maximum Gasteiger partial charge on any atom is 0.155 e. The van der Waals surface area contributed by atoms with E-state index in [9.17, 15) is 9.59 Å². The number of likely N-dealkylation sites (tertiary alicyclic amines) is 1. The Morgan fingerprint density at radius 1 is 0.617 bits per heavy atom. The number of rotatable bonds is 40. The van der Waals surface area contributed by atoms with E-state index < -0.39 is 0 Å². The molecule has 1 heterocycles. The molecule has 1 radical (unpaired) electrons. The van der Waals surface area contributed by atoms with Gasteiger partial charge in [0.1, 0.15) is 5.78 Å². The van der Waals surface area contributed by atoms with Gasteiger partial charge in [-0.15, -0.1) is 6.58 Å². The molecule has 1 rings (SSSR count). The molecule has 0 aromatic heterocycles. The second kappa shape index (κ2) is 60.9. The van der Waals surface area contributed by atoms with E-state index in [1.54, 1.807) is 14.0 Å². The Kier molecular flexibility index (Phi) is 67.5. The maximum absolute atomic E-state index is 12.3. The Labute approximate surface area is 404 Å². The van der Waals surface area contributed by atoms with E-state index in [2.05, 4.69) is 44.9 Å². The van der Waals surface area contributed by atoms with E-state index in [1.165, 1.54) is 219 Å². The van der Waals surface area contributed by atoms with E-state index in [0.29, 0.717) is 17.5 Å². The monoisotopic (exact) mass is 920 g/mol. The molecule has 1 saturated heterocycles. The van der Waals surface area contributed by atoms with Crippen LogP contribution in [0, 0.1) is 12.5 Å². The van der Waals surface area contributed by atoms with Crippen LogP contribution in [0.5, 0.6) is 0 Å². The van der Waals surface area contributed by atoms with Gasteiger partial charge in [-0.3, -0.25) is 11.3 Å². The Morgan fingerprint density at radius 2 is 1.07 bits per heavy atom. The van der Waals surface area contributed by atoms with E-state index in [1.807, 2.05) is 26.0 Å². The van der Waals surface area contributed by atoms with Crippen molar-refractivity contribution in [2.24, 2.45) is 5.92 Å². The zero-order valence-corrected chi connectivity index (χ0v) is 45.0. The molecule has 355 valence electrons. The van der Waals surface area contributed by atoms with Gasteiger partial charge in [0.25, 0.3) is 0 Å². The average Bonchev–Trinajstić information content (AvgIpc) is 3.25. The van der Waals surface area contributed by atoms with Crippen molar-refractivity contribution >= 4 is 11.6 Å². The number of allylic oxidation sites excluding steroid dienone is 3. The quantitative estimate of drug-likeness (QED) is 0.0266. The van der Waals surface area contributed by atoms with Gasteiger partial charge in [0, 0.05) is 59.3 Å². The van der Waals surface area contributed by atoms with Crippen molar-refractivity contribution in [1.29, 1.82) is 0 Å².